The van der Waals surface area contributed by atoms with E-state index in [1.165, 1.54) is 6.07 Å². The molecule has 0 aliphatic carbocycles. The monoisotopic (exact) mass is 361 g/mol. The maximum Gasteiger partial charge on any atom is 0.418 e. The molecule has 1 unspecified atom stereocenters. The van der Waals surface area contributed by atoms with Gasteiger partial charge in [-0.05, 0) is 24.6 Å². The van der Waals surface area contributed by atoms with Gasteiger partial charge < -0.3 is 11.1 Å². The van der Waals surface area contributed by atoms with Crippen molar-refractivity contribution in [3.63, 3.8) is 0 Å². The van der Waals surface area contributed by atoms with Crippen molar-refractivity contribution in [3.05, 3.63) is 53.6 Å². The molecule has 0 saturated heterocycles. The summed E-state index contributed by atoms with van der Waals surface area (Å²) < 4.78 is 39.9. The lowest BCUT2D eigenvalue weighted by molar-refractivity contribution is -0.136. The summed E-state index contributed by atoms with van der Waals surface area (Å²) in [7, 11) is 0. The number of carbonyl (C=O) groups is 1. The molecule has 26 heavy (non-hydrogen) atoms. The Morgan fingerprint density at radius 3 is 2.42 bits per heavy atom. The number of hydrogen-bond donors (Lipinski definition) is 2. The minimum Gasteiger partial charge on any atom is -0.348 e. The first kappa shape index (κ1) is 18.1. The number of amides is 1. The van der Waals surface area contributed by atoms with Crippen LogP contribution in [0.5, 0.6) is 0 Å². The smallest absolute Gasteiger partial charge is 0.348 e. The fourth-order valence-electron chi connectivity index (χ4n) is 2.89. The lowest BCUT2D eigenvalue weighted by Crippen LogP contribution is -2.39. The van der Waals surface area contributed by atoms with E-state index in [0.29, 0.717) is 17.2 Å². The number of hydrogen-bond acceptors (Lipinski definition) is 3. The molecule has 0 bridgehead atoms. The molecule has 0 radical (unpaired) electrons. The number of aromatic nitrogens is 1. The Hall–Kier alpha value is -2.67. The summed E-state index contributed by atoms with van der Waals surface area (Å²) in [4.78, 5) is 16.8. The largest absolute Gasteiger partial charge is 0.418 e. The van der Waals surface area contributed by atoms with Gasteiger partial charge in [-0.3, -0.25) is 4.79 Å². The van der Waals surface area contributed by atoms with Gasteiger partial charge >= 0.3 is 6.18 Å². The predicted octanol–water partition coefficient (Wildman–Crippen LogP) is 3.87. The van der Waals surface area contributed by atoms with Crippen LogP contribution in [-0.2, 0) is 6.18 Å². The van der Waals surface area contributed by atoms with Gasteiger partial charge in [0.25, 0.3) is 5.91 Å². The third-order valence-corrected chi connectivity index (χ3v) is 4.33. The van der Waals surface area contributed by atoms with Gasteiger partial charge in [0.2, 0.25) is 0 Å². The number of rotatable bonds is 4. The minimum absolute atomic E-state index is 0.168. The lowest BCUT2D eigenvalue weighted by Gasteiger charge is -2.16. The maximum atomic E-state index is 13.3. The minimum atomic E-state index is -4.52. The molecule has 3 rings (SSSR count). The maximum absolute atomic E-state index is 13.3. The standard InChI is InChI=1S/C19H18F3N3O/c1-2-13(10-23)24-18(26)14-7-3-5-11-9-12-6-4-8-15(19(20,21)22)17(12)25-16(11)14/h3-9,13H,2,10,23H2,1H3,(H,24,26). The summed E-state index contributed by atoms with van der Waals surface area (Å²) in [6, 6.07) is 10.3. The molecule has 1 amide bonds. The highest BCUT2D eigenvalue weighted by Crippen LogP contribution is 2.35. The molecule has 0 spiro atoms. The third-order valence-electron chi connectivity index (χ3n) is 4.33. The van der Waals surface area contributed by atoms with Crippen LogP contribution >= 0.6 is 0 Å². The van der Waals surface area contributed by atoms with E-state index >= 15 is 0 Å². The van der Waals surface area contributed by atoms with Crippen LogP contribution in [-0.4, -0.2) is 23.5 Å². The molecular formula is C19H18F3N3O. The Morgan fingerprint density at radius 1 is 1.15 bits per heavy atom. The van der Waals surface area contributed by atoms with Crippen LogP contribution < -0.4 is 11.1 Å². The van der Waals surface area contributed by atoms with E-state index in [1.807, 2.05) is 6.92 Å². The molecule has 3 N–H and O–H groups in total. The van der Waals surface area contributed by atoms with Gasteiger partial charge in [0.05, 0.1) is 22.2 Å². The van der Waals surface area contributed by atoms with Crippen molar-refractivity contribution in [2.45, 2.75) is 25.6 Å². The number of nitrogens with zero attached hydrogens (tertiary/aromatic N) is 1. The Bertz CT molecular complexity index is 965. The van der Waals surface area contributed by atoms with E-state index in [-0.39, 0.29) is 29.2 Å². The fourth-order valence-corrected chi connectivity index (χ4v) is 2.89. The molecule has 0 saturated carbocycles. The van der Waals surface area contributed by atoms with Gasteiger partial charge in [0.15, 0.2) is 0 Å². The van der Waals surface area contributed by atoms with Gasteiger partial charge in [-0.1, -0.05) is 31.2 Å². The molecule has 0 aliphatic heterocycles. The first-order valence-electron chi connectivity index (χ1n) is 8.25. The second-order valence-corrected chi connectivity index (χ2v) is 6.06. The van der Waals surface area contributed by atoms with Crippen molar-refractivity contribution in [2.24, 2.45) is 5.73 Å². The first-order chi connectivity index (χ1) is 12.3. The van der Waals surface area contributed by atoms with Crippen LogP contribution in [0.3, 0.4) is 0 Å². The number of nitrogens with two attached hydrogens (primary N) is 1. The number of benzene rings is 2. The number of halogens is 3. The number of pyridine rings is 1. The normalized spacial score (nSPS) is 13.1. The fraction of sp³-hybridized carbons (Fsp3) is 0.263. The van der Waals surface area contributed by atoms with E-state index in [9.17, 15) is 18.0 Å². The summed E-state index contributed by atoms with van der Waals surface area (Å²) in [5, 5.41) is 3.77. The molecule has 0 fully saturated rings. The van der Waals surface area contributed by atoms with Gasteiger partial charge in [-0.25, -0.2) is 4.98 Å². The molecule has 1 atom stereocenters. The highest BCUT2D eigenvalue weighted by atomic mass is 19.4. The third kappa shape index (κ3) is 3.35. The topological polar surface area (TPSA) is 68.0 Å². The zero-order chi connectivity index (χ0) is 18.9. The van der Waals surface area contributed by atoms with Crippen molar-refractivity contribution < 1.29 is 18.0 Å². The molecule has 2 aromatic carbocycles. The summed E-state index contributed by atoms with van der Waals surface area (Å²) >= 11 is 0. The zero-order valence-corrected chi connectivity index (χ0v) is 14.1. The van der Waals surface area contributed by atoms with E-state index in [1.54, 1.807) is 30.3 Å². The van der Waals surface area contributed by atoms with Crippen molar-refractivity contribution in [2.75, 3.05) is 6.54 Å². The molecular weight excluding hydrogens is 343 g/mol. The molecule has 0 aliphatic rings. The lowest BCUT2D eigenvalue weighted by atomic mass is 10.0. The Morgan fingerprint density at radius 2 is 1.81 bits per heavy atom. The average molecular weight is 361 g/mol. The van der Waals surface area contributed by atoms with Crippen LogP contribution in [0.25, 0.3) is 21.8 Å². The Labute approximate surface area is 148 Å². The molecule has 1 heterocycles. The van der Waals surface area contributed by atoms with E-state index < -0.39 is 17.6 Å². The summed E-state index contributed by atoms with van der Waals surface area (Å²) in [6.07, 6.45) is -3.87. The highest BCUT2D eigenvalue weighted by molar-refractivity contribution is 6.08. The van der Waals surface area contributed by atoms with Crippen LogP contribution in [0.2, 0.25) is 0 Å². The second kappa shape index (κ2) is 6.92. The van der Waals surface area contributed by atoms with Crippen molar-refractivity contribution in [1.29, 1.82) is 0 Å². The van der Waals surface area contributed by atoms with Crippen molar-refractivity contribution >= 4 is 27.7 Å². The zero-order valence-electron chi connectivity index (χ0n) is 14.1. The van der Waals surface area contributed by atoms with Crippen LogP contribution in [0.1, 0.15) is 29.3 Å². The van der Waals surface area contributed by atoms with E-state index in [2.05, 4.69) is 10.3 Å². The number of alkyl halides is 3. The second-order valence-electron chi connectivity index (χ2n) is 6.06. The van der Waals surface area contributed by atoms with Gasteiger partial charge in [-0.2, -0.15) is 13.2 Å². The summed E-state index contributed by atoms with van der Waals surface area (Å²) in [5.74, 6) is -0.399. The SMILES string of the molecule is CCC(CN)NC(=O)c1cccc2cc3cccc(C(F)(F)F)c3nc12. The molecule has 7 heteroatoms. The first-order valence-corrected chi connectivity index (χ1v) is 8.25. The molecule has 4 nitrogen and oxygen atoms in total. The van der Waals surface area contributed by atoms with Gasteiger partial charge in [0, 0.05) is 23.4 Å². The van der Waals surface area contributed by atoms with Crippen LogP contribution in [0.4, 0.5) is 13.2 Å². The Kier molecular flexibility index (Phi) is 4.82. The highest BCUT2D eigenvalue weighted by Gasteiger charge is 2.33. The quantitative estimate of drug-likeness (QED) is 0.693. The van der Waals surface area contributed by atoms with Gasteiger partial charge in [-0.15, -0.1) is 0 Å². The van der Waals surface area contributed by atoms with Gasteiger partial charge in [0.1, 0.15) is 0 Å². The average Bonchev–Trinajstić information content (AvgIpc) is 2.62. The van der Waals surface area contributed by atoms with E-state index in [4.69, 9.17) is 5.73 Å². The molecule has 1 aromatic heterocycles. The number of fused-ring (bicyclic) bond motifs is 2. The van der Waals surface area contributed by atoms with Crippen molar-refractivity contribution in [3.8, 4) is 0 Å². The van der Waals surface area contributed by atoms with Crippen molar-refractivity contribution in [1.82, 2.24) is 10.3 Å². The van der Waals surface area contributed by atoms with Crippen LogP contribution in [0, 0.1) is 0 Å². The predicted molar refractivity (Wildman–Crippen MR) is 94.9 cm³/mol. The number of para-hydroxylation sites is 2. The summed E-state index contributed by atoms with van der Waals surface area (Å²) in [5.41, 5.74) is 5.09. The Balaban J connectivity index is 2.20. The molecule has 3 aromatic rings. The number of carbonyl (C=O) groups excluding carboxylic acids is 1. The summed E-state index contributed by atoms with van der Waals surface area (Å²) in [6.45, 7) is 2.17. The number of nitrogens with one attached hydrogen (secondary N) is 1. The van der Waals surface area contributed by atoms with E-state index in [0.717, 1.165) is 6.07 Å². The van der Waals surface area contributed by atoms with Crippen LogP contribution in [0.15, 0.2) is 42.5 Å². The molecule has 136 valence electrons.